The van der Waals surface area contributed by atoms with Crippen LogP contribution in [0.2, 0.25) is 5.02 Å². The van der Waals surface area contributed by atoms with Gasteiger partial charge in [0.1, 0.15) is 11.5 Å². The van der Waals surface area contributed by atoms with Crippen LogP contribution in [0.5, 0.6) is 5.75 Å². The van der Waals surface area contributed by atoms with Crippen LogP contribution in [-0.4, -0.2) is 38.7 Å². The van der Waals surface area contributed by atoms with Crippen LogP contribution in [0.4, 0.5) is 5.82 Å². The maximum Gasteiger partial charge on any atom is 0.236 e. The number of ether oxygens (including phenoxy) is 1. The zero-order chi connectivity index (χ0) is 21.8. The van der Waals surface area contributed by atoms with Crippen LogP contribution in [0.15, 0.2) is 64.3 Å². The van der Waals surface area contributed by atoms with Gasteiger partial charge in [0, 0.05) is 22.3 Å². The molecule has 1 N–H and O–H groups in total. The summed E-state index contributed by atoms with van der Waals surface area (Å²) in [6, 6.07) is 16.5. The number of carbonyl (C=O) groups is 1. The predicted molar refractivity (Wildman–Crippen MR) is 119 cm³/mol. The van der Waals surface area contributed by atoms with Crippen LogP contribution in [0, 0.1) is 6.92 Å². The third-order valence-corrected chi connectivity index (χ3v) is 5.45. The van der Waals surface area contributed by atoms with Gasteiger partial charge in [0.25, 0.3) is 0 Å². The zero-order valence-electron chi connectivity index (χ0n) is 16.7. The van der Waals surface area contributed by atoms with Crippen molar-refractivity contribution in [3.8, 4) is 22.8 Å². The number of rotatable bonds is 7. The number of benzene rings is 2. The third kappa shape index (κ3) is 4.89. The molecule has 2 heterocycles. The van der Waals surface area contributed by atoms with Gasteiger partial charge in [-0.1, -0.05) is 40.7 Å². The molecule has 0 saturated heterocycles. The average Bonchev–Trinajstić information content (AvgIpc) is 3.39. The first kappa shape index (κ1) is 21.0. The monoisotopic (exact) mass is 455 g/mol. The van der Waals surface area contributed by atoms with E-state index in [1.54, 1.807) is 32.2 Å². The molecule has 31 heavy (non-hydrogen) atoms. The lowest BCUT2D eigenvalue weighted by Crippen LogP contribution is -2.14. The molecule has 0 aliphatic carbocycles. The van der Waals surface area contributed by atoms with E-state index in [4.69, 9.17) is 20.9 Å². The SMILES string of the molecule is COc1cccc(-c2nnc(SCC(=O)Nc3cc(C)on3)n2-c2ccc(Cl)cc2)c1. The van der Waals surface area contributed by atoms with Gasteiger partial charge in [0.05, 0.1) is 12.9 Å². The lowest BCUT2D eigenvalue weighted by atomic mass is 10.2. The second kappa shape index (κ2) is 9.23. The van der Waals surface area contributed by atoms with Crippen molar-refractivity contribution in [1.82, 2.24) is 19.9 Å². The molecule has 0 saturated carbocycles. The van der Waals surface area contributed by atoms with Gasteiger partial charge >= 0.3 is 0 Å². The molecule has 10 heteroatoms. The maximum atomic E-state index is 12.3. The molecule has 158 valence electrons. The van der Waals surface area contributed by atoms with Crippen molar-refractivity contribution in [3.05, 3.63) is 65.4 Å². The van der Waals surface area contributed by atoms with Gasteiger partial charge in [-0.2, -0.15) is 0 Å². The Bertz CT molecular complexity index is 1210. The van der Waals surface area contributed by atoms with E-state index in [0.29, 0.717) is 33.3 Å². The standard InChI is InChI=1S/C21H18ClN5O3S/c1-13-10-18(26-30-13)23-19(28)12-31-21-25-24-20(14-4-3-5-17(11-14)29-2)27(21)16-8-6-15(22)7-9-16/h3-11H,12H2,1-2H3,(H,23,26,28). The van der Waals surface area contributed by atoms with Crippen LogP contribution in [-0.2, 0) is 4.79 Å². The molecular weight excluding hydrogens is 438 g/mol. The van der Waals surface area contributed by atoms with Crippen molar-refractivity contribution in [1.29, 1.82) is 0 Å². The third-order valence-electron chi connectivity index (χ3n) is 4.27. The number of anilines is 1. The summed E-state index contributed by atoms with van der Waals surface area (Å²) in [5.74, 6) is 2.21. The number of amides is 1. The largest absolute Gasteiger partial charge is 0.497 e. The second-order valence-corrected chi connectivity index (χ2v) is 7.89. The Morgan fingerprint density at radius 1 is 1.19 bits per heavy atom. The molecule has 0 unspecified atom stereocenters. The molecule has 0 fully saturated rings. The summed E-state index contributed by atoms with van der Waals surface area (Å²) >= 11 is 7.32. The van der Waals surface area contributed by atoms with Crippen molar-refractivity contribution in [3.63, 3.8) is 0 Å². The van der Waals surface area contributed by atoms with E-state index in [1.165, 1.54) is 11.8 Å². The minimum atomic E-state index is -0.230. The lowest BCUT2D eigenvalue weighted by Gasteiger charge is -2.11. The number of nitrogens with zero attached hydrogens (tertiary/aromatic N) is 4. The Balaban J connectivity index is 1.63. The molecule has 0 aliphatic rings. The Kier molecular flexibility index (Phi) is 6.24. The van der Waals surface area contributed by atoms with E-state index >= 15 is 0 Å². The molecule has 2 aromatic heterocycles. The molecule has 2 aromatic carbocycles. The summed E-state index contributed by atoms with van der Waals surface area (Å²) in [6.45, 7) is 1.76. The van der Waals surface area contributed by atoms with Gasteiger partial charge < -0.3 is 14.6 Å². The van der Waals surface area contributed by atoms with E-state index in [2.05, 4.69) is 20.7 Å². The topological polar surface area (TPSA) is 95.1 Å². The van der Waals surface area contributed by atoms with Gasteiger partial charge in [0.2, 0.25) is 5.91 Å². The molecule has 8 nitrogen and oxygen atoms in total. The van der Waals surface area contributed by atoms with Crippen LogP contribution in [0.25, 0.3) is 17.1 Å². The fourth-order valence-electron chi connectivity index (χ4n) is 2.87. The van der Waals surface area contributed by atoms with Crippen LogP contribution < -0.4 is 10.1 Å². The van der Waals surface area contributed by atoms with Crippen molar-refractivity contribution >= 4 is 35.1 Å². The number of nitrogens with one attached hydrogen (secondary N) is 1. The number of hydrogen-bond acceptors (Lipinski definition) is 7. The first-order valence-corrected chi connectivity index (χ1v) is 10.6. The molecule has 0 atom stereocenters. The molecule has 4 rings (SSSR count). The Hall–Kier alpha value is -3.30. The highest BCUT2D eigenvalue weighted by Gasteiger charge is 2.18. The van der Waals surface area contributed by atoms with E-state index < -0.39 is 0 Å². The lowest BCUT2D eigenvalue weighted by molar-refractivity contribution is -0.113. The number of methoxy groups -OCH3 is 1. The van der Waals surface area contributed by atoms with Crippen molar-refractivity contribution in [2.24, 2.45) is 0 Å². The average molecular weight is 456 g/mol. The summed E-state index contributed by atoms with van der Waals surface area (Å²) in [6.07, 6.45) is 0. The van der Waals surface area contributed by atoms with Gasteiger partial charge in [-0.25, -0.2) is 0 Å². The molecule has 0 spiro atoms. The fraction of sp³-hybridized carbons (Fsp3) is 0.143. The summed E-state index contributed by atoms with van der Waals surface area (Å²) in [7, 11) is 1.61. The highest BCUT2D eigenvalue weighted by atomic mass is 35.5. The van der Waals surface area contributed by atoms with E-state index in [0.717, 1.165) is 11.3 Å². The van der Waals surface area contributed by atoms with Gasteiger partial charge in [0.15, 0.2) is 16.8 Å². The summed E-state index contributed by atoms with van der Waals surface area (Å²) < 4.78 is 12.2. The Morgan fingerprint density at radius 2 is 2.00 bits per heavy atom. The van der Waals surface area contributed by atoms with Gasteiger partial charge in [-0.05, 0) is 43.3 Å². The molecular formula is C21H18ClN5O3S. The molecule has 0 bridgehead atoms. The van der Waals surface area contributed by atoms with Crippen LogP contribution >= 0.6 is 23.4 Å². The highest BCUT2D eigenvalue weighted by Crippen LogP contribution is 2.30. The number of aromatic nitrogens is 4. The normalized spacial score (nSPS) is 10.8. The van der Waals surface area contributed by atoms with E-state index in [-0.39, 0.29) is 11.7 Å². The van der Waals surface area contributed by atoms with Crippen LogP contribution in [0.1, 0.15) is 5.76 Å². The van der Waals surface area contributed by atoms with Crippen molar-refractivity contribution < 1.29 is 14.1 Å². The maximum absolute atomic E-state index is 12.3. The minimum Gasteiger partial charge on any atom is -0.497 e. The molecule has 0 radical (unpaired) electrons. The fourth-order valence-corrected chi connectivity index (χ4v) is 3.75. The molecule has 0 aliphatic heterocycles. The second-order valence-electron chi connectivity index (χ2n) is 6.51. The first-order chi connectivity index (χ1) is 15.0. The number of hydrogen-bond donors (Lipinski definition) is 1. The molecule has 1 amide bonds. The van der Waals surface area contributed by atoms with E-state index in [1.807, 2.05) is 41.0 Å². The van der Waals surface area contributed by atoms with Gasteiger partial charge in [-0.3, -0.25) is 9.36 Å². The minimum absolute atomic E-state index is 0.121. The number of halogens is 1. The summed E-state index contributed by atoms with van der Waals surface area (Å²) in [4.78, 5) is 12.3. The van der Waals surface area contributed by atoms with Crippen molar-refractivity contribution in [2.75, 3.05) is 18.2 Å². The van der Waals surface area contributed by atoms with Crippen molar-refractivity contribution in [2.45, 2.75) is 12.1 Å². The quantitative estimate of drug-likeness (QED) is 0.406. The number of thioether (sulfide) groups is 1. The predicted octanol–water partition coefficient (Wildman–Crippen LogP) is 4.62. The Morgan fingerprint density at radius 3 is 2.71 bits per heavy atom. The summed E-state index contributed by atoms with van der Waals surface area (Å²) in [5.41, 5.74) is 1.65. The number of carbonyl (C=O) groups excluding carboxylic acids is 1. The zero-order valence-corrected chi connectivity index (χ0v) is 18.3. The van der Waals surface area contributed by atoms with E-state index in [9.17, 15) is 4.79 Å². The Labute approximate surface area is 187 Å². The highest BCUT2D eigenvalue weighted by molar-refractivity contribution is 7.99. The smallest absolute Gasteiger partial charge is 0.236 e. The first-order valence-electron chi connectivity index (χ1n) is 9.25. The summed E-state index contributed by atoms with van der Waals surface area (Å²) in [5, 5.41) is 16.3. The molecule has 4 aromatic rings. The van der Waals surface area contributed by atoms with Gasteiger partial charge in [-0.15, -0.1) is 10.2 Å². The number of aryl methyl sites for hydroxylation is 1. The van der Waals surface area contributed by atoms with Crippen LogP contribution in [0.3, 0.4) is 0 Å².